The van der Waals surface area contributed by atoms with Crippen LogP contribution in [0.25, 0.3) is 0 Å². The Morgan fingerprint density at radius 2 is 1.71 bits per heavy atom. The predicted molar refractivity (Wildman–Crippen MR) is 162 cm³/mol. The van der Waals surface area contributed by atoms with Crippen molar-refractivity contribution in [3.05, 3.63) is 35.9 Å². The van der Waals surface area contributed by atoms with E-state index in [-0.39, 0.29) is 33.2 Å². The van der Waals surface area contributed by atoms with Crippen molar-refractivity contribution in [2.45, 2.75) is 111 Å². The van der Waals surface area contributed by atoms with Crippen molar-refractivity contribution in [3.8, 4) is 6.07 Å². The molecule has 4 aliphatic carbocycles. The first-order valence-corrected chi connectivity index (χ1v) is 16.7. The van der Waals surface area contributed by atoms with E-state index >= 15 is 0 Å². The number of esters is 1. The van der Waals surface area contributed by atoms with Gasteiger partial charge in [-0.1, -0.05) is 52.8 Å². The Morgan fingerprint density at radius 1 is 0.976 bits per heavy atom. The summed E-state index contributed by atoms with van der Waals surface area (Å²) in [5.41, 5.74) is 1.41. The molecular formula is C37H53NO3. The van der Waals surface area contributed by atoms with Gasteiger partial charge in [0.25, 0.3) is 0 Å². The van der Waals surface area contributed by atoms with Gasteiger partial charge in [-0.3, -0.25) is 0 Å². The molecule has 4 nitrogen and oxygen atoms in total. The molecule has 0 N–H and O–H groups in total. The Hall–Kier alpha value is -1.86. The fourth-order valence-electron chi connectivity index (χ4n) is 12.0. The average Bonchev–Trinajstić information content (AvgIpc) is 3.57. The van der Waals surface area contributed by atoms with Crippen LogP contribution in [0.1, 0.15) is 116 Å². The summed E-state index contributed by atoms with van der Waals surface area (Å²) in [4.78, 5) is 13.1. The Morgan fingerprint density at radius 3 is 2.37 bits per heavy atom. The van der Waals surface area contributed by atoms with Gasteiger partial charge in [0.2, 0.25) is 0 Å². The highest BCUT2D eigenvalue weighted by Gasteiger charge is 2.71. The first kappa shape index (κ1) is 29.2. The van der Waals surface area contributed by atoms with Crippen LogP contribution in [0.5, 0.6) is 0 Å². The second-order valence-corrected chi connectivity index (χ2v) is 16.2. The first-order valence-electron chi connectivity index (χ1n) is 16.7. The van der Waals surface area contributed by atoms with E-state index in [9.17, 15) is 10.1 Å². The standard InChI is InChI=1S/C37H53NO3/c1-25(2)27-15-19-37(24-40-32(39)26-11-8-7-9-12-26)21-20-34(4)28(31(27)37)13-14-29-33(3,17-10-22-38)30(36(6)23-41-36)16-18-35(29,34)5/h7-9,11-12,25,27-31H,10,13-21,23-24H2,1-6H3/t27-,28+,29+,30+,31+,33+,34+,35+,36?,37+/m0/s1. The van der Waals surface area contributed by atoms with Crippen LogP contribution in [0.4, 0.5) is 0 Å². The maximum Gasteiger partial charge on any atom is 0.338 e. The molecule has 0 radical (unpaired) electrons. The van der Waals surface area contributed by atoms with Gasteiger partial charge in [0.1, 0.15) is 0 Å². The SMILES string of the molecule is CC(C)[C@@H]1CC[C@]2(COC(=O)c3ccccc3)CC[C@]3(C)[C@H](CC[C@@H]4[C@@](C)(CCC#N)[C@H](C5(C)CO5)CC[C@]43C)[C@@H]12. The van der Waals surface area contributed by atoms with Gasteiger partial charge in [0, 0.05) is 11.8 Å². The van der Waals surface area contributed by atoms with Crippen LogP contribution in [-0.2, 0) is 9.47 Å². The Balaban J connectivity index is 1.32. The van der Waals surface area contributed by atoms with Gasteiger partial charge in [-0.2, -0.15) is 5.26 Å². The fourth-order valence-corrected chi connectivity index (χ4v) is 12.0. The van der Waals surface area contributed by atoms with Crippen LogP contribution in [0.15, 0.2) is 30.3 Å². The number of benzene rings is 1. The summed E-state index contributed by atoms with van der Waals surface area (Å²) >= 11 is 0. The second-order valence-electron chi connectivity index (χ2n) is 16.2. The number of nitriles is 1. The molecule has 1 aromatic carbocycles. The van der Waals surface area contributed by atoms with Crippen molar-refractivity contribution in [2.75, 3.05) is 13.2 Å². The topological polar surface area (TPSA) is 62.6 Å². The van der Waals surface area contributed by atoms with Crippen LogP contribution in [-0.4, -0.2) is 24.8 Å². The predicted octanol–water partition coefficient (Wildman–Crippen LogP) is 8.85. The zero-order valence-corrected chi connectivity index (χ0v) is 26.5. The molecule has 0 spiro atoms. The molecule has 224 valence electrons. The fraction of sp³-hybridized carbons (Fsp3) is 0.784. The summed E-state index contributed by atoms with van der Waals surface area (Å²) in [5, 5.41) is 9.67. The van der Waals surface area contributed by atoms with Crippen molar-refractivity contribution in [1.82, 2.24) is 0 Å². The van der Waals surface area contributed by atoms with Gasteiger partial charge in [-0.15, -0.1) is 0 Å². The second kappa shape index (κ2) is 10.1. The van der Waals surface area contributed by atoms with Crippen LogP contribution < -0.4 is 0 Å². The zero-order valence-electron chi connectivity index (χ0n) is 26.5. The number of rotatable bonds is 7. The van der Waals surface area contributed by atoms with Gasteiger partial charge < -0.3 is 9.47 Å². The highest BCUT2D eigenvalue weighted by atomic mass is 16.6. The average molecular weight is 560 g/mol. The van der Waals surface area contributed by atoms with E-state index in [2.05, 4.69) is 47.6 Å². The minimum atomic E-state index is -0.168. The van der Waals surface area contributed by atoms with Crippen LogP contribution in [0.2, 0.25) is 0 Å². The van der Waals surface area contributed by atoms with Crippen LogP contribution in [0, 0.1) is 68.5 Å². The van der Waals surface area contributed by atoms with Crippen molar-refractivity contribution < 1.29 is 14.3 Å². The number of ether oxygens (including phenoxy) is 2. The number of fused-ring (bicyclic) bond motifs is 5. The molecule has 10 atom stereocenters. The number of epoxide rings is 1. The summed E-state index contributed by atoms with van der Waals surface area (Å²) in [6.07, 6.45) is 11.5. The normalized spacial score (nSPS) is 46.6. The first-order chi connectivity index (χ1) is 19.4. The van der Waals surface area contributed by atoms with E-state index in [0.29, 0.717) is 54.1 Å². The third kappa shape index (κ3) is 4.34. The highest BCUT2D eigenvalue weighted by molar-refractivity contribution is 5.89. The Kier molecular flexibility index (Phi) is 7.21. The molecule has 41 heavy (non-hydrogen) atoms. The number of nitrogens with zero attached hydrogens (tertiary/aromatic N) is 1. The largest absolute Gasteiger partial charge is 0.461 e. The molecule has 4 saturated carbocycles. The lowest BCUT2D eigenvalue weighted by Crippen LogP contribution is -2.65. The molecule has 1 heterocycles. The van der Waals surface area contributed by atoms with E-state index in [1.807, 2.05) is 30.3 Å². The van der Waals surface area contributed by atoms with Crippen molar-refractivity contribution in [3.63, 3.8) is 0 Å². The number of hydrogen-bond acceptors (Lipinski definition) is 4. The lowest BCUT2D eigenvalue weighted by molar-refractivity contribution is -0.229. The van der Waals surface area contributed by atoms with E-state index < -0.39 is 0 Å². The van der Waals surface area contributed by atoms with Crippen molar-refractivity contribution in [1.29, 1.82) is 5.26 Å². The molecule has 0 aromatic heterocycles. The van der Waals surface area contributed by atoms with Crippen LogP contribution in [0.3, 0.4) is 0 Å². The smallest absolute Gasteiger partial charge is 0.338 e. The Bertz CT molecular complexity index is 1180. The lowest BCUT2D eigenvalue weighted by atomic mass is 9.33. The van der Waals surface area contributed by atoms with Crippen LogP contribution >= 0.6 is 0 Å². The summed E-state index contributed by atoms with van der Waals surface area (Å²) in [6.45, 7) is 16.5. The van der Waals surface area contributed by atoms with Gasteiger partial charge >= 0.3 is 5.97 Å². The van der Waals surface area contributed by atoms with Crippen molar-refractivity contribution in [2.24, 2.45) is 57.2 Å². The molecule has 5 fully saturated rings. The molecule has 1 unspecified atom stereocenters. The van der Waals surface area contributed by atoms with E-state index in [4.69, 9.17) is 9.47 Å². The molecule has 1 aliphatic heterocycles. The zero-order chi connectivity index (χ0) is 29.3. The van der Waals surface area contributed by atoms with E-state index in [1.165, 1.54) is 44.9 Å². The van der Waals surface area contributed by atoms with Gasteiger partial charge in [-0.25, -0.2) is 4.79 Å². The molecule has 5 aliphatic rings. The monoisotopic (exact) mass is 559 g/mol. The molecule has 6 rings (SSSR count). The minimum absolute atomic E-state index is 0.00181. The number of carbonyl (C=O) groups is 1. The Labute approximate surface area is 248 Å². The number of carbonyl (C=O) groups excluding carboxylic acids is 1. The molecule has 1 saturated heterocycles. The summed E-state index contributed by atoms with van der Waals surface area (Å²) in [7, 11) is 0. The summed E-state index contributed by atoms with van der Waals surface area (Å²) in [6, 6.07) is 12.0. The molecular weight excluding hydrogens is 506 g/mol. The highest BCUT2D eigenvalue weighted by Crippen LogP contribution is 2.77. The van der Waals surface area contributed by atoms with Gasteiger partial charge in [0.15, 0.2) is 0 Å². The molecule has 4 heteroatoms. The third-order valence-electron chi connectivity index (χ3n) is 14.4. The third-order valence-corrected chi connectivity index (χ3v) is 14.4. The molecule has 0 amide bonds. The van der Waals surface area contributed by atoms with Gasteiger partial charge in [0.05, 0.1) is 30.4 Å². The van der Waals surface area contributed by atoms with E-state index in [0.717, 1.165) is 19.4 Å². The van der Waals surface area contributed by atoms with Gasteiger partial charge in [-0.05, 0) is 129 Å². The maximum atomic E-state index is 13.1. The summed E-state index contributed by atoms with van der Waals surface area (Å²) in [5.74, 6) is 3.59. The quantitative estimate of drug-likeness (QED) is 0.247. The maximum absolute atomic E-state index is 13.1. The molecule has 1 aromatic rings. The molecule has 0 bridgehead atoms. The minimum Gasteiger partial charge on any atom is -0.461 e. The number of hydrogen-bond donors (Lipinski definition) is 0. The lowest BCUT2D eigenvalue weighted by Gasteiger charge is -2.71. The van der Waals surface area contributed by atoms with E-state index in [1.54, 1.807) is 0 Å². The van der Waals surface area contributed by atoms with Crippen molar-refractivity contribution >= 4 is 5.97 Å². The summed E-state index contributed by atoms with van der Waals surface area (Å²) < 4.78 is 12.3.